The van der Waals surface area contributed by atoms with Crippen LogP contribution in [0, 0.1) is 0 Å². The Bertz CT molecular complexity index is 558. The van der Waals surface area contributed by atoms with Crippen molar-refractivity contribution in [3.05, 3.63) is 54.4 Å². The maximum absolute atomic E-state index is 11.9. The van der Waals surface area contributed by atoms with Gasteiger partial charge in [0.05, 0.1) is 24.7 Å². The summed E-state index contributed by atoms with van der Waals surface area (Å²) in [7, 11) is 1.36. The van der Waals surface area contributed by atoms with Crippen molar-refractivity contribution < 1.29 is 9.53 Å². The molecule has 1 unspecified atom stereocenters. The van der Waals surface area contributed by atoms with Gasteiger partial charge in [0.2, 0.25) is 0 Å². The highest BCUT2D eigenvalue weighted by Gasteiger charge is 2.21. The average molecular weight is 257 g/mol. The fourth-order valence-electron chi connectivity index (χ4n) is 1.75. The van der Waals surface area contributed by atoms with E-state index in [1.54, 1.807) is 18.5 Å². The van der Waals surface area contributed by atoms with Crippen LogP contribution in [0.3, 0.4) is 0 Å². The number of rotatable bonds is 4. The van der Waals surface area contributed by atoms with Crippen LogP contribution in [0.2, 0.25) is 0 Å². The van der Waals surface area contributed by atoms with E-state index in [-0.39, 0.29) is 5.97 Å². The van der Waals surface area contributed by atoms with E-state index in [1.807, 2.05) is 30.3 Å². The molecule has 5 nitrogen and oxygen atoms in total. The predicted octanol–water partition coefficient (Wildman–Crippen LogP) is 1.99. The van der Waals surface area contributed by atoms with Crippen LogP contribution >= 0.6 is 0 Å². The molecule has 2 aromatic rings. The van der Waals surface area contributed by atoms with Crippen LogP contribution in [-0.2, 0) is 9.53 Å². The van der Waals surface area contributed by atoms with Gasteiger partial charge in [-0.2, -0.15) is 0 Å². The van der Waals surface area contributed by atoms with Gasteiger partial charge in [0, 0.05) is 6.20 Å². The Balaban J connectivity index is 2.27. The van der Waals surface area contributed by atoms with E-state index >= 15 is 0 Å². The SMILES string of the molecule is COC(=O)C(Nc1cncc(N)c1)c1ccccc1. The number of nitrogens with zero attached hydrogens (tertiary/aromatic N) is 1. The summed E-state index contributed by atoms with van der Waals surface area (Å²) in [4.78, 5) is 15.8. The first kappa shape index (κ1) is 12.9. The Morgan fingerprint density at radius 3 is 2.68 bits per heavy atom. The Morgan fingerprint density at radius 2 is 2.05 bits per heavy atom. The highest BCUT2D eigenvalue weighted by atomic mass is 16.5. The number of nitrogen functional groups attached to an aromatic ring is 1. The number of hydrogen-bond donors (Lipinski definition) is 2. The van der Waals surface area contributed by atoms with Gasteiger partial charge in [-0.1, -0.05) is 30.3 Å². The van der Waals surface area contributed by atoms with E-state index in [2.05, 4.69) is 10.3 Å². The van der Waals surface area contributed by atoms with E-state index < -0.39 is 6.04 Å². The minimum absolute atomic E-state index is 0.367. The second-order valence-corrected chi connectivity index (χ2v) is 4.02. The molecular formula is C14H15N3O2. The Hall–Kier alpha value is -2.56. The molecule has 0 aliphatic heterocycles. The zero-order valence-electron chi connectivity index (χ0n) is 10.5. The summed E-state index contributed by atoms with van der Waals surface area (Å²) in [6.07, 6.45) is 3.15. The number of nitrogens with one attached hydrogen (secondary N) is 1. The quantitative estimate of drug-likeness (QED) is 0.819. The Morgan fingerprint density at radius 1 is 1.32 bits per heavy atom. The minimum Gasteiger partial charge on any atom is -0.467 e. The number of anilines is 2. The number of methoxy groups -OCH3 is 1. The van der Waals surface area contributed by atoms with E-state index in [1.165, 1.54) is 7.11 Å². The standard InChI is InChI=1S/C14H15N3O2/c1-19-14(18)13(10-5-3-2-4-6-10)17-12-7-11(15)8-16-9-12/h2-9,13,17H,15H2,1H3. The molecule has 0 bridgehead atoms. The number of benzene rings is 1. The van der Waals surface area contributed by atoms with E-state index in [0.717, 1.165) is 5.56 Å². The lowest BCUT2D eigenvalue weighted by molar-refractivity contribution is -0.141. The maximum atomic E-state index is 11.9. The summed E-state index contributed by atoms with van der Waals surface area (Å²) in [6, 6.07) is 10.5. The second-order valence-electron chi connectivity index (χ2n) is 4.02. The molecule has 1 aromatic heterocycles. The number of pyridine rings is 1. The zero-order chi connectivity index (χ0) is 13.7. The second kappa shape index (κ2) is 5.86. The van der Waals surface area contributed by atoms with Gasteiger partial charge in [-0.25, -0.2) is 4.79 Å². The van der Waals surface area contributed by atoms with Gasteiger partial charge >= 0.3 is 5.97 Å². The van der Waals surface area contributed by atoms with Crippen molar-refractivity contribution in [1.82, 2.24) is 4.98 Å². The number of aromatic nitrogens is 1. The van der Waals surface area contributed by atoms with Gasteiger partial charge in [-0.3, -0.25) is 4.98 Å². The third-order valence-corrected chi connectivity index (χ3v) is 2.64. The van der Waals surface area contributed by atoms with Gasteiger partial charge in [-0.15, -0.1) is 0 Å². The molecule has 2 rings (SSSR count). The predicted molar refractivity (Wildman–Crippen MR) is 73.5 cm³/mol. The molecule has 1 atom stereocenters. The van der Waals surface area contributed by atoms with Gasteiger partial charge in [-0.05, 0) is 11.6 Å². The summed E-state index contributed by atoms with van der Waals surface area (Å²) in [5, 5.41) is 3.07. The molecular weight excluding hydrogens is 242 g/mol. The fraction of sp³-hybridized carbons (Fsp3) is 0.143. The van der Waals surface area contributed by atoms with Crippen LogP contribution in [0.25, 0.3) is 0 Å². The van der Waals surface area contributed by atoms with E-state index in [9.17, 15) is 4.79 Å². The summed E-state index contributed by atoms with van der Waals surface area (Å²) in [5.74, 6) is -0.367. The van der Waals surface area contributed by atoms with E-state index in [4.69, 9.17) is 10.5 Å². The van der Waals surface area contributed by atoms with Gasteiger partial charge in [0.25, 0.3) is 0 Å². The average Bonchev–Trinajstić information content (AvgIpc) is 2.45. The fourth-order valence-corrected chi connectivity index (χ4v) is 1.75. The van der Waals surface area contributed by atoms with Crippen molar-refractivity contribution in [2.24, 2.45) is 0 Å². The lowest BCUT2D eigenvalue weighted by Gasteiger charge is -2.17. The Labute approximate surface area is 111 Å². The third-order valence-electron chi connectivity index (χ3n) is 2.64. The zero-order valence-corrected chi connectivity index (χ0v) is 10.5. The molecule has 0 spiro atoms. The smallest absolute Gasteiger partial charge is 0.332 e. The molecule has 0 radical (unpaired) electrons. The molecule has 5 heteroatoms. The highest BCUT2D eigenvalue weighted by molar-refractivity contribution is 5.81. The number of carbonyl (C=O) groups excluding carboxylic acids is 1. The van der Waals surface area contributed by atoms with Crippen molar-refractivity contribution in [3.63, 3.8) is 0 Å². The molecule has 0 saturated carbocycles. The molecule has 0 amide bonds. The number of ether oxygens (including phenoxy) is 1. The topological polar surface area (TPSA) is 77.2 Å². The van der Waals surface area contributed by atoms with Crippen molar-refractivity contribution >= 4 is 17.3 Å². The van der Waals surface area contributed by atoms with Crippen LogP contribution in [0.1, 0.15) is 11.6 Å². The summed E-state index contributed by atoms with van der Waals surface area (Å²) < 4.78 is 4.82. The van der Waals surface area contributed by atoms with Crippen molar-refractivity contribution in [2.75, 3.05) is 18.2 Å². The Kier molecular flexibility index (Phi) is 3.97. The normalized spacial score (nSPS) is 11.6. The molecule has 19 heavy (non-hydrogen) atoms. The molecule has 1 aromatic carbocycles. The minimum atomic E-state index is -0.588. The van der Waals surface area contributed by atoms with Crippen LogP contribution in [0.15, 0.2) is 48.8 Å². The first-order valence-corrected chi connectivity index (χ1v) is 5.80. The molecule has 3 N–H and O–H groups in total. The highest BCUT2D eigenvalue weighted by Crippen LogP contribution is 2.21. The number of hydrogen-bond acceptors (Lipinski definition) is 5. The van der Waals surface area contributed by atoms with Crippen LogP contribution < -0.4 is 11.1 Å². The molecule has 0 fully saturated rings. The summed E-state index contributed by atoms with van der Waals surface area (Å²) in [5.41, 5.74) is 7.67. The third kappa shape index (κ3) is 3.22. The van der Waals surface area contributed by atoms with Crippen molar-refractivity contribution in [1.29, 1.82) is 0 Å². The van der Waals surface area contributed by atoms with Crippen LogP contribution in [-0.4, -0.2) is 18.1 Å². The van der Waals surface area contributed by atoms with Crippen molar-refractivity contribution in [3.8, 4) is 0 Å². The molecule has 98 valence electrons. The van der Waals surface area contributed by atoms with Gasteiger partial charge in [0.15, 0.2) is 6.04 Å². The number of carbonyl (C=O) groups is 1. The largest absolute Gasteiger partial charge is 0.467 e. The molecule has 0 saturated heterocycles. The van der Waals surface area contributed by atoms with Crippen molar-refractivity contribution in [2.45, 2.75) is 6.04 Å². The molecule has 1 heterocycles. The first-order chi connectivity index (χ1) is 9.20. The monoisotopic (exact) mass is 257 g/mol. The van der Waals surface area contributed by atoms with Gasteiger partial charge < -0.3 is 15.8 Å². The van der Waals surface area contributed by atoms with Crippen LogP contribution in [0.5, 0.6) is 0 Å². The molecule has 0 aliphatic carbocycles. The number of esters is 1. The first-order valence-electron chi connectivity index (χ1n) is 5.80. The number of nitrogens with two attached hydrogens (primary N) is 1. The lowest BCUT2D eigenvalue weighted by atomic mass is 10.1. The molecule has 0 aliphatic rings. The van der Waals surface area contributed by atoms with E-state index in [0.29, 0.717) is 11.4 Å². The summed E-state index contributed by atoms with van der Waals surface area (Å²) >= 11 is 0. The maximum Gasteiger partial charge on any atom is 0.332 e. The lowest BCUT2D eigenvalue weighted by Crippen LogP contribution is -2.22. The van der Waals surface area contributed by atoms with Gasteiger partial charge in [0.1, 0.15) is 0 Å². The summed E-state index contributed by atoms with van der Waals surface area (Å²) in [6.45, 7) is 0. The van der Waals surface area contributed by atoms with Crippen LogP contribution in [0.4, 0.5) is 11.4 Å².